The zero-order valence-electron chi connectivity index (χ0n) is 11.2. The summed E-state index contributed by atoms with van der Waals surface area (Å²) in [5.41, 5.74) is 0.692. The van der Waals surface area contributed by atoms with Crippen molar-refractivity contribution in [2.45, 2.75) is 19.8 Å². The van der Waals surface area contributed by atoms with Crippen LogP contribution in [0.3, 0.4) is 0 Å². The van der Waals surface area contributed by atoms with Crippen LogP contribution in [0.4, 0.5) is 5.82 Å². The largest absolute Gasteiger partial charge is 0.355 e. The lowest BCUT2D eigenvalue weighted by Gasteiger charge is -2.30. The second kappa shape index (κ2) is 5.48. The van der Waals surface area contributed by atoms with Crippen LogP contribution in [0.5, 0.6) is 0 Å². The Kier molecular flexibility index (Phi) is 3.54. The molecule has 0 radical (unpaired) electrons. The smallest absolute Gasteiger partial charge is 0.199 e. The molecule has 3 heterocycles. The fourth-order valence-corrected chi connectivity index (χ4v) is 2.65. The first-order chi connectivity index (χ1) is 9.38. The highest BCUT2D eigenvalue weighted by Crippen LogP contribution is 2.18. The van der Waals surface area contributed by atoms with E-state index in [1.807, 2.05) is 6.20 Å². The number of fused-ring (bicyclic) bond motifs is 1. The Balaban J connectivity index is 1.82. The van der Waals surface area contributed by atoms with Gasteiger partial charge in [-0.1, -0.05) is 0 Å². The summed E-state index contributed by atoms with van der Waals surface area (Å²) < 4.78 is 1.76. The van der Waals surface area contributed by atoms with Gasteiger partial charge in [-0.05, 0) is 49.2 Å². The predicted molar refractivity (Wildman–Crippen MR) is 72.1 cm³/mol. The molecule has 0 bridgehead atoms. The molecule has 0 aliphatic carbocycles. The summed E-state index contributed by atoms with van der Waals surface area (Å²) >= 11 is 0. The fraction of sp³-hybridized carbons (Fsp3) is 0.667. The maximum Gasteiger partial charge on any atom is 0.199 e. The second-order valence-electron chi connectivity index (χ2n) is 4.97. The molecule has 7 heteroatoms. The van der Waals surface area contributed by atoms with Crippen LogP contribution in [0.25, 0.3) is 5.65 Å². The van der Waals surface area contributed by atoms with Gasteiger partial charge in [-0.15, -0.1) is 5.10 Å². The highest BCUT2D eigenvalue weighted by Gasteiger charge is 2.18. The van der Waals surface area contributed by atoms with Crippen LogP contribution in [-0.2, 0) is 0 Å². The van der Waals surface area contributed by atoms with Gasteiger partial charge in [-0.2, -0.15) is 4.52 Å². The van der Waals surface area contributed by atoms with Crippen molar-refractivity contribution in [2.24, 2.45) is 5.92 Å². The van der Waals surface area contributed by atoms with E-state index >= 15 is 0 Å². The van der Waals surface area contributed by atoms with Crippen molar-refractivity contribution < 1.29 is 0 Å². The molecule has 0 spiro atoms. The van der Waals surface area contributed by atoms with Crippen LogP contribution < -0.4 is 10.2 Å². The van der Waals surface area contributed by atoms with Crippen LogP contribution in [0.1, 0.15) is 19.8 Å². The van der Waals surface area contributed by atoms with Crippen LogP contribution >= 0.6 is 0 Å². The number of nitrogens with one attached hydrogen (secondary N) is 1. The molecule has 3 rings (SSSR count). The third-order valence-electron chi connectivity index (χ3n) is 3.67. The number of hydrogen-bond donors (Lipinski definition) is 1. The van der Waals surface area contributed by atoms with Gasteiger partial charge in [0.2, 0.25) is 0 Å². The first-order valence-corrected chi connectivity index (χ1v) is 6.86. The average molecular weight is 261 g/mol. The van der Waals surface area contributed by atoms with E-state index in [1.54, 1.807) is 10.7 Å². The van der Waals surface area contributed by atoms with Gasteiger partial charge in [0.15, 0.2) is 11.5 Å². The molecule has 1 unspecified atom stereocenters. The molecule has 0 aromatic carbocycles. The summed E-state index contributed by atoms with van der Waals surface area (Å²) in [5.74, 6) is 1.65. The summed E-state index contributed by atoms with van der Waals surface area (Å²) in [6.45, 7) is 6.34. The summed E-state index contributed by atoms with van der Waals surface area (Å²) in [6.07, 6.45) is 6.06. The standard InChI is InChI=1S/C12H19N7/c1-2-18(9-10-4-3-5-13-6-10)12-8-14-7-11-15-16-17-19(11)12/h7-8,10,13H,2-6,9H2,1H3. The van der Waals surface area contributed by atoms with Crippen LogP contribution in [0, 0.1) is 5.92 Å². The van der Waals surface area contributed by atoms with Crippen molar-refractivity contribution in [1.29, 1.82) is 0 Å². The number of piperidine rings is 1. The monoisotopic (exact) mass is 261 g/mol. The molecular formula is C12H19N7. The highest BCUT2D eigenvalue weighted by atomic mass is 15.5. The molecule has 7 nitrogen and oxygen atoms in total. The molecule has 2 aromatic rings. The molecule has 1 atom stereocenters. The van der Waals surface area contributed by atoms with E-state index in [9.17, 15) is 0 Å². The van der Waals surface area contributed by atoms with Gasteiger partial charge in [-0.25, -0.2) is 0 Å². The van der Waals surface area contributed by atoms with Gasteiger partial charge in [-0.3, -0.25) is 4.98 Å². The average Bonchev–Trinajstić information content (AvgIpc) is 2.94. The number of nitrogens with zero attached hydrogens (tertiary/aromatic N) is 6. The van der Waals surface area contributed by atoms with Crippen molar-refractivity contribution in [3.05, 3.63) is 12.4 Å². The number of tetrazole rings is 1. The van der Waals surface area contributed by atoms with Gasteiger partial charge in [0.1, 0.15) is 0 Å². The molecule has 2 aromatic heterocycles. The molecule has 1 fully saturated rings. The van der Waals surface area contributed by atoms with Gasteiger partial charge < -0.3 is 10.2 Å². The van der Waals surface area contributed by atoms with E-state index in [-0.39, 0.29) is 0 Å². The van der Waals surface area contributed by atoms with Crippen LogP contribution in [0.15, 0.2) is 12.4 Å². The number of anilines is 1. The maximum absolute atomic E-state index is 4.23. The predicted octanol–water partition coefficient (Wildman–Crippen LogP) is 0.345. The summed E-state index contributed by atoms with van der Waals surface area (Å²) in [7, 11) is 0. The van der Waals surface area contributed by atoms with E-state index in [0.29, 0.717) is 11.6 Å². The van der Waals surface area contributed by atoms with Gasteiger partial charge in [0.25, 0.3) is 0 Å². The molecule has 1 N–H and O–H groups in total. The van der Waals surface area contributed by atoms with Crippen molar-refractivity contribution in [3.63, 3.8) is 0 Å². The Labute approximate surface area is 112 Å². The SMILES string of the molecule is CCN(CC1CCCNC1)c1cncc2nnnn12. The Bertz CT molecular complexity index is 532. The van der Waals surface area contributed by atoms with Gasteiger partial charge in [0, 0.05) is 13.1 Å². The molecule has 102 valence electrons. The summed E-state index contributed by atoms with van der Waals surface area (Å²) in [6, 6.07) is 0. The van der Waals surface area contributed by atoms with Crippen molar-refractivity contribution >= 4 is 11.5 Å². The van der Waals surface area contributed by atoms with Gasteiger partial charge >= 0.3 is 0 Å². The molecule has 19 heavy (non-hydrogen) atoms. The summed E-state index contributed by atoms with van der Waals surface area (Å²) in [4.78, 5) is 6.53. The molecule has 1 saturated heterocycles. The van der Waals surface area contributed by atoms with Crippen LogP contribution in [0.2, 0.25) is 0 Å². The summed E-state index contributed by atoms with van der Waals surface area (Å²) in [5, 5.41) is 15.1. The van der Waals surface area contributed by atoms with Crippen molar-refractivity contribution in [1.82, 2.24) is 30.3 Å². The Morgan fingerprint density at radius 1 is 1.47 bits per heavy atom. The lowest BCUT2D eigenvalue weighted by Crippen LogP contribution is -2.39. The minimum atomic E-state index is 0.681. The quantitative estimate of drug-likeness (QED) is 0.856. The lowest BCUT2D eigenvalue weighted by atomic mass is 9.99. The highest BCUT2D eigenvalue weighted by molar-refractivity contribution is 5.45. The topological polar surface area (TPSA) is 71.2 Å². The maximum atomic E-state index is 4.23. The lowest BCUT2D eigenvalue weighted by molar-refractivity contribution is 0.376. The van der Waals surface area contributed by atoms with Gasteiger partial charge in [0.05, 0.1) is 12.4 Å². The Morgan fingerprint density at radius 2 is 2.42 bits per heavy atom. The Hall–Kier alpha value is -1.76. The molecule has 1 aliphatic rings. The van der Waals surface area contributed by atoms with E-state index in [4.69, 9.17) is 0 Å². The van der Waals surface area contributed by atoms with E-state index in [0.717, 1.165) is 32.0 Å². The molecule has 1 aliphatic heterocycles. The normalized spacial score (nSPS) is 19.7. The van der Waals surface area contributed by atoms with Crippen LogP contribution in [-0.4, -0.2) is 51.2 Å². The third-order valence-corrected chi connectivity index (χ3v) is 3.67. The first-order valence-electron chi connectivity index (χ1n) is 6.86. The fourth-order valence-electron chi connectivity index (χ4n) is 2.65. The van der Waals surface area contributed by atoms with Crippen molar-refractivity contribution in [3.8, 4) is 0 Å². The van der Waals surface area contributed by atoms with E-state index in [2.05, 4.69) is 37.6 Å². The molecule has 0 amide bonds. The zero-order valence-corrected chi connectivity index (χ0v) is 11.2. The zero-order chi connectivity index (χ0) is 13.1. The van der Waals surface area contributed by atoms with E-state index in [1.165, 1.54) is 12.8 Å². The molecular weight excluding hydrogens is 242 g/mol. The third kappa shape index (κ3) is 2.51. The number of aromatic nitrogens is 5. The second-order valence-corrected chi connectivity index (χ2v) is 4.97. The van der Waals surface area contributed by atoms with E-state index < -0.39 is 0 Å². The Morgan fingerprint density at radius 3 is 3.21 bits per heavy atom. The minimum Gasteiger partial charge on any atom is -0.355 e. The van der Waals surface area contributed by atoms with Crippen molar-refractivity contribution in [2.75, 3.05) is 31.1 Å². The minimum absolute atomic E-state index is 0.681. The number of rotatable bonds is 4. The first kappa shape index (κ1) is 12.3. The number of hydrogen-bond acceptors (Lipinski definition) is 6. The molecule has 0 saturated carbocycles.